The van der Waals surface area contributed by atoms with Crippen molar-refractivity contribution in [3.05, 3.63) is 95.6 Å². The molecule has 0 aromatic heterocycles. The third kappa shape index (κ3) is 8.32. The summed E-state index contributed by atoms with van der Waals surface area (Å²) in [5.74, 6) is 0. The maximum Gasteiger partial charge on any atom is 0.271 e. The second-order valence-electron chi connectivity index (χ2n) is 9.05. The van der Waals surface area contributed by atoms with Crippen LogP contribution in [0.25, 0.3) is 0 Å². The van der Waals surface area contributed by atoms with E-state index in [2.05, 4.69) is 12.1 Å². The zero-order valence-corrected chi connectivity index (χ0v) is 24.9. The Hall–Kier alpha value is -3.36. The minimum atomic E-state index is -4.10. The molecule has 8 nitrogen and oxygen atoms in total. The average molecular weight is 585 g/mol. The molecule has 0 saturated heterocycles. The first-order chi connectivity index (χ1) is 19.1. The molecule has 40 heavy (non-hydrogen) atoms. The van der Waals surface area contributed by atoms with E-state index in [1.807, 2.05) is 33.8 Å². The minimum absolute atomic E-state index is 0.0489. The largest absolute Gasteiger partial charge is 0.353 e. The first kappa shape index (κ1) is 31.2. The second-order valence-corrected chi connectivity index (χ2v) is 12.8. The van der Waals surface area contributed by atoms with Gasteiger partial charge in [0, 0.05) is 38.3 Å². The molecular weight excluding hydrogens is 548 g/mol. The van der Waals surface area contributed by atoms with E-state index < -0.39 is 26.3 Å². The number of nitrogens with zero attached hydrogens (tertiary/aromatic N) is 2. The summed E-state index contributed by atoms with van der Waals surface area (Å²) in [6, 6.07) is 27.2. The van der Waals surface area contributed by atoms with Gasteiger partial charge in [0.2, 0.25) is 0 Å². The lowest BCUT2D eigenvalue weighted by molar-refractivity contribution is -0.139. The van der Waals surface area contributed by atoms with Crippen LogP contribution < -0.4 is 0 Å². The molecule has 0 heterocycles. The standard InChI is InChI=1S/C30H36N2O6S2/c1-5-37-30(38-6-2)20-21-31(39(33,34)28-16-12-25(3)13-17-28)22-23-32(24-27-10-8-7-9-11-27)40(35,36)29-18-14-26(4)15-19-29/h7-19,30H,5-6,20-21,24H2,1-4H3. The van der Waals surface area contributed by atoms with Crippen molar-refractivity contribution in [2.24, 2.45) is 0 Å². The van der Waals surface area contributed by atoms with Crippen LogP contribution in [0.4, 0.5) is 0 Å². The van der Waals surface area contributed by atoms with Crippen molar-refractivity contribution in [1.82, 2.24) is 8.61 Å². The summed E-state index contributed by atoms with van der Waals surface area (Å²) in [6.45, 7) is 8.01. The van der Waals surface area contributed by atoms with E-state index in [4.69, 9.17) is 9.47 Å². The van der Waals surface area contributed by atoms with Gasteiger partial charge in [-0.1, -0.05) is 65.7 Å². The van der Waals surface area contributed by atoms with E-state index in [-0.39, 0.29) is 29.3 Å². The lowest BCUT2D eigenvalue weighted by Crippen LogP contribution is -2.33. The van der Waals surface area contributed by atoms with Gasteiger partial charge in [0.1, 0.15) is 0 Å². The van der Waals surface area contributed by atoms with Crippen LogP contribution in [-0.4, -0.2) is 51.5 Å². The van der Waals surface area contributed by atoms with E-state index in [9.17, 15) is 16.8 Å². The quantitative estimate of drug-likeness (QED) is 0.161. The molecule has 3 aromatic rings. The lowest BCUT2D eigenvalue weighted by Gasteiger charge is -2.23. The van der Waals surface area contributed by atoms with Crippen molar-refractivity contribution in [2.45, 2.75) is 56.7 Å². The predicted molar refractivity (Wildman–Crippen MR) is 155 cm³/mol. The summed E-state index contributed by atoms with van der Waals surface area (Å²) >= 11 is 0. The molecule has 0 fully saturated rings. The van der Waals surface area contributed by atoms with Crippen molar-refractivity contribution in [1.29, 1.82) is 0 Å². The highest BCUT2D eigenvalue weighted by molar-refractivity contribution is 7.89. The van der Waals surface area contributed by atoms with E-state index in [0.29, 0.717) is 18.8 Å². The molecule has 0 amide bonds. The molecule has 0 aliphatic carbocycles. The molecule has 0 atom stereocenters. The first-order valence-corrected chi connectivity index (χ1v) is 15.9. The monoisotopic (exact) mass is 584 g/mol. The lowest BCUT2D eigenvalue weighted by atomic mass is 10.2. The zero-order valence-electron chi connectivity index (χ0n) is 23.3. The molecule has 0 unspecified atom stereocenters. The van der Waals surface area contributed by atoms with Crippen LogP contribution in [0.15, 0.2) is 88.7 Å². The van der Waals surface area contributed by atoms with Gasteiger partial charge in [0.05, 0.1) is 16.3 Å². The Morgan fingerprint density at radius 2 is 1.12 bits per heavy atom. The van der Waals surface area contributed by atoms with Crippen molar-refractivity contribution in [3.63, 3.8) is 0 Å². The highest BCUT2D eigenvalue weighted by atomic mass is 32.2. The number of ether oxygens (including phenoxy) is 2. The van der Waals surface area contributed by atoms with Crippen LogP contribution in [0.2, 0.25) is 0 Å². The molecule has 0 radical (unpaired) electrons. The Kier molecular flexibility index (Phi) is 11.2. The molecule has 0 spiro atoms. The smallest absolute Gasteiger partial charge is 0.271 e. The number of sulfonamides is 2. The average Bonchev–Trinajstić information content (AvgIpc) is 2.93. The van der Waals surface area contributed by atoms with Crippen LogP contribution in [-0.2, 0) is 36.1 Å². The molecule has 214 valence electrons. The topological polar surface area (TPSA) is 93.2 Å². The minimum Gasteiger partial charge on any atom is -0.353 e. The number of aryl methyl sites for hydroxylation is 2. The molecule has 0 N–H and O–H groups in total. The van der Waals surface area contributed by atoms with Gasteiger partial charge in [-0.2, -0.15) is 0 Å². The number of rotatable bonds is 13. The van der Waals surface area contributed by atoms with Gasteiger partial charge < -0.3 is 9.47 Å². The van der Waals surface area contributed by atoms with Crippen LogP contribution in [0.1, 0.15) is 37.0 Å². The Bertz CT molecular complexity index is 1490. The number of benzene rings is 3. The predicted octanol–water partition coefficient (Wildman–Crippen LogP) is 4.89. The molecule has 3 rings (SSSR count). The van der Waals surface area contributed by atoms with Gasteiger partial charge in [-0.05, 0) is 57.5 Å². The fourth-order valence-corrected chi connectivity index (χ4v) is 6.22. The van der Waals surface area contributed by atoms with Crippen LogP contribution in [0.5, 0.6) is 0 Å². The SMILES string of the molecule is CCOC(CCN(C#CN(Cc1ccccc1)S(=O)(=O)c1ccc(C)cc1)S(=O)(=O)c1ccc(C)cc1)OCC. The molecule has 0 saturated carbocycles. The summed E-state index contributed by atoms with van der Waals surface area (Å²) in [5.41, 5.74) is 2.52. The molecule has 3 aromatic carbocycles. The number of hydrogen-bond acceptors (Lipinski definition) is 6. The van der Waals surface area contributed by atoms with Crippen LogP contribution in [0, 0.1) is 25.9 Å². The fraction of sp³-hybridized carbons (Fsp3) is 0.333. The van der Waals surface area contributed by atoms with Gasteiger partial charge in [0.25, 0.3) is 20.0 Å². The van der Waals surface area contributed by atoms with E-state index in [1.165, 1.54) is 24.3 Å². The third-order valence-electron chi connectivity index (χ3n) is 5.96. The van der Waals surface area contributed by atoms with Crippen molar-refractivity contribution < 1.29 is 26.3 Å². The first-order valence-electron chi connectivity index (χ1n) is 13.0. The summed E-state index contributed by atoms with van der Waals surface area (Å²) in [6.07, 6.45) is -0.436. The van der Waals surface area contributed by atoms with Gasteiger partial charge in [-0.15, -0.1) is 0 Å². The molecular formula is C30H36N2O6S2. The maximum atomic E-state index is 13.7. The van der Waals surface area contributed by atoms with Crippen molar-refractivity contribution in [3.8, 4) is 12.1 Å². The van der Waals surface area contributed by atoms with Crippen molar-refractivity contribution in [2.75, 3.05) is 19.8 Å². The molecule has 0 aliphatic rings. The van der Waals surface area contributed by atoms with Crippen molar-refractivity contribution >= 4 is 20.0 Å². The van der Waals surface area contributed by atoms with Crippen LogP contribution >= 0.6 is 0 Å². The summed E-state index contributed by atoms with van der Waals surface area (Å²) in [5, 5.41) is 0. The summed E-state index contributed by atoms with van der Waals surface area (Å²) in [4.78, 5) is 0.108. The van der Waals surface area contributed by atoms with E-state index >= 15 is 0 Å². The van der Waals surface area contributed by atoms with Gasteiger partial charge in [-0.25, -0.2) is 25.4 Å². The van der Waals surface area contributed by atoms with E-state index in [0.717, 1.165) is 19.7 Å². The normalized spacial score (nSPS) is 11.6. The highest BCUT2D eigenvalue weighted by Gasteiger charge is 2.26. The Balaban J connectivity index is 2.06. The third-order valence-corrected chi connectivity index (χ3v) is 9.35. The van der Waals surface area contributed by atoms with Gasteiger partial charge in [-0.3, -0.25) is 0 Å². The Morgan fingerprint density at radius 1 is 0.675 bits per heavy atom. The summed E-state index contributed by atoms with van der Waals surface area (Å²) in [7, 11) is -8.19. The van der Waals surface area contributed by atoms with Gasteiger partial charge in [0.15, 0.2) is 6.29 Å². The highest BCUT2D eigenvalue weighted by Crippen LogP contribution is 2.20. The number of hydrogen-bond donors (Lipinski definition) is 0. The molecule has 0 bridgehead atoms. The fourth-order valence-electron chi connectivity index (χ4n) is 3.77. The van der Waals surface area contributed by atoms with Crippen LogP contribution in [0.3, 0.4) is 0 Å². The maximum absolute atomic E-state index is 13.7. The Labute approximate surface area is 238 Å². The van der Waals surface area contributed by atoms with Gasteiger partial charge >= 0.3 is 0 Å². The Morgan fingerprint density at radius 3 is 1.60 bits per heavy atom. The molecule has 0 aliphatic heterocycles. The van der Waals surface area contributed by atoms with E-state index in [1.54, 1.807) is 48.5 Å². The second kappa shape index (κ2) is 14.3. The zero-order chi connectivity index (χ0) is 29.2. The summed E-state index contributed by atoms with van der Waals surface area (Å²) < 4.78 is 67.8. The molecule has 10 heteroatoms.